The maximum atomic E-state index is 9.73. The van der Waals surface area contributed by atoms with Crippen LogP contribution in [0.15, 0.2) is 16.5 Å². The lowest BCUT2D eigenvalue weighted by atomic mass is 10.1. The number of alkyl halides is 1. The summed E-state index contributed by atoms with van der Waals surface area (Å²) in [5.74, 6) is 1.19. The largest absolute Gasteiger partial charge is 0.570 e. The number of rotatable bonds is 2. The van der Waals surface area contributed by atoms with Crippen LogP contribution in [-0.2, 0) is 18.5 Å². The van der Waals surface area contributed by atoms with Crippen molar-refractivity contribution >= 4 is 29.9 Å². The zero-order valence-electron chi connectivity index (χ0n) is 13.6. The van der Waals surface area contributed by atoms with Gasteiger partial charge in [0.25, 0.3) is 0 Å². The van der Waals surface area contributed by atoms with Crippen LogP contribution in [0.2, 0.25) is 0 Å². The topological polar surface area (TPSA) is 134 Å². The minimum atomic E-state index is -3.85. The zero-order chi connectivity index (χ0) is 17.9. The van der Waals surface area contributed by atoms with E-state index in [9.17, 15) is 9.79 Å². The van der Waals surface area contributed by atoms with Gasteiger partial charge in [-0.05, 0) is 15.9 Å². The molecule has 0 amide bonds. The fourth-order valence-corrected chi connectivity index (χ4v) is 5.11. The lowest BCUT2D eigenvalue weighted by Crippen LogP contribution is -2.50. The molecule has 4 aliphatic heterocycles. The number of hydrogen-bond acceptors (Lipinski definition) is 11. The van der Waals surface area contributed by atoms with E-state index in [2.05, 4.69) is 26.2 Å². The molecular weight excluding hydrogens is 421 g/mol. The van der Waals surface area contributed by atoms with Gasteiger partial charge in [-0.15, -0.1) is 4.52 Å². The van der Waals surface area contributed by atoms with Crippen molar-refractivity contribution < 1.29 is 28.3 Å². The Morgan fingerprint density at radius 3 is 2.96 bits per heavy atom. The highest BCUT2D eigenvalue weighted by atomic mass is 79.9. The quantitative estimate of drug-likeness (QED) is 0.236. The van der Waals surface area contributed by atoms with Gasteiger partial charge >= 0.3 is 8.17 Å². The molecule has 5 atom stereocenters. The molecule has 0 aromatic rings. The molecule has 4 heterocycles. The van der Waals surface area contributed by atoms with E-state index >= 15 is 0 Å². The van der Waals surface area contributed by atoms with Gasteiger partial charge in [0.2, 0.25) is 0 Å². The number of nitrogens with two attached hydrogens (primary N) is 1. The van der Waals surface area contributed by atoms with E-state index in [0.29, 0.717) is 12.5 Å². The predicted octanol–water partition coefficient (Wildman–Crippen LogP) is -1.18. The van der Waals surface area contributed by atoms with Crippen molar-refractivity contribution in [2.24, 2.45) is 10.7 Å². The number of halogens is 1. The number of nitrogens with one attached hydrogen (secondary N) is 1. The molecule has 0 bridgehead atoms. The molecule has 0 aliphatic carbocycles. The zero-order valence-corrected chi connectivity index (χ0v) is 16.1. The smallest absolute Gasteiger partial charge is 0.382 e. The summed E-state index contributed by atoms with van der Waals surface area (Å²) in [5.41, 5.74) is 6.79. The van der Waals surface area contributed by atoms with Crippen LogP contribution in [0.3, 0.4) is 0 Å². The Bertz CT molecular complexity index is 635. The van der Waals surface area contributed by atoms with Gasteiger partial charge in [-0.1, -0.05) is 0 Å². The van der Waals surface area contributed by atoms with Gasteiger partial charge in [-0.2, -0.15) is 14.3 Å². The van der Waals surface area contributed by atoms with Gasteiger partial charge in [0.1, 0.15) is 42.8 Å². The number of amidine groups is 1. The molecule has 25 heavy (non-hydrogen) atoms. The minimum Gasteiger partial charge on any atom is -0.382 e. The van der Waals surface area contributed by atoms with Gasteiger partial charge in [0.15, 0.2) is 17.4 Å². The number of nitrogens with zero attached hydrogens (tertiary/aromatic N) is 3. The summed E-state index contributed by atoms with van der Waals surface area (Å²) in [5, 5.41) is 2.95. The van der Waals surface area contributed by atoms with Crippen LogP contribution < -0.4 is 11.1 Å². The number of fused-ring (bicyclic) bond motifs is 1. The molecule has 140 valence electrons. The van der Waals surface area contributed by atoms with Gasteiger partial charge in [-0.25, -0.2) is 4.99 Å². The fraction of sp³-hybridized carbons (Fsp3) is 0.750. The van der Waals surface area contributed by atoms with Crippen LogP contribution in [0.5, 0.6) is 0 Å². The van der Waals surface area contributed by atoms with Crippen LogP contribution in [0.25, 0.3) is 0 Å². The van der Waals surface area contributed by atoms with Crippen LogP contribution >= 0.6 is 24.1 Å². The van der Waals surface area contributed by atoms with E-state index in [4.69, 9.17) is 24.3 Å². The highest BCUT2D eigenvalue weighted by molar-refractivity contribution is 9.09. The van der Waals surface area contributed by atoms with Crippen molar-refractivity contribution in [2.45, 2.75) is 29.6 Å². The van der Waals surface area contributed by atoms with E-state index < -0.39 is 32.7 Å². The summed E-state index contributed by atoms with van der Waals surface area (Å²) in [7, 11) is -0.441. The van der Waals surface area contributed by atoms with E-state index in [1.807, 2.05) is 16.8 Å². The van der Waals surface area contributed by atoms with Crippen molar-refractivity contribution in [1.82, 2.24) is 15.1 Å². The van der Waals surface area contributed by atoms with Crippen molar-refractivity contribution in [3.8, 4) is 0 Å². The number of methoxy groups -OCH3 is 1. The molecule has 4 aliphatic rings. The minimum absolute atomic E-state index is 0.0152. The maximum absolute atomic E-state index is 9.73. The number of likely N-dealkylation sites (N-methyl/N-ethyl adjacent to an activating group) is 1. The van der Waals surface area contributed by atoms with Crippen LogP contribution in [-0.4, -0.2) is 82.5 Å². The molecule has 0 saturated carbocycles. The Kier molecular flexibility index (Phi) is 4.36. The number of ether oxygens (including phenoxy) is 2. The Balaban J connectivity index is 1.66. The molecule has 0 radical (unpaired) electrons. The van der Waals surface area contributed by atoms with Crippen LogP contribution in [0.4, 0.5) is 0 Å². The lowest BCUT2D eigenvalue weighted by molar-refractivity contribution is -0.102. The first kappa shape index (κ1) is 17.7. The highest BCUT2D eigenvalue weighted by Gasteiger charge is 2.62. The first-order chi connectivity index (χ1) is 11.8. The molecule has 11 nitrogen and oxygen atoms in total. The van der Waals surface area contributed by atoms with E-state index in [1.54, 1.807) is 0 Å². The SMILES string of the molecule is COC1C(N2C3=C(C(N)=NCN3)N(C)C2Br)O[C@@H]2CO[P+](O)(O)O[C@@H]12. The number of hydrogen-bond donors (Lipinski definition) is 4. The van der Waals surface area contributed by atoms with Crippen molar-refractivity contribution in [2.75, 3.05) is 27.4 Å². The second-order valence-electron chi connectivity index (χ2n) is 6.03. The van der Waals surface area contributed by atoms with E-state index in [1.165, 1.54) is 7.11 Å². The molecular formula is C12H20BrN5O6P+. The van der Waals surface area contributed by atoms with Crippen molar-refractivity contribution in [1.29, 1.82) is 0 Å². The Hall–Kier alpha value is -0.720. The molecule has 0 aromatic carbocycles. The number of aliphatic imine (C=N–C) groups is 1. The van der Waals surface area contributed by atoms with Gasteiger partial charge in [-0.3, -0.25) is 4.90 Å². The van der Waals surface area contributed by atoms with Gasteiger partial charge in [0.05, 0.1) is 0 Å². The first-order valence-electron chi connectivity index (χ1n) is 7.63. The molecule has 4 rings (SSSR count). The molecule has 0 spiro atoms. The first-order valence-corrected chi connectivity index (χ1v) is 10.1. The standard InChI is InChI=1S/C12H20BrN5O6P/c1-17-6-9(14)15-4-16-10(6)18(12(17)13)11-8(21-2)7-5(23-11)3-22-25(19,20)24-7/h5,7-8,11-12,16,19-20H,3-4H2,1-2H3,(H2,14,15)/q+1/t5-,7-,8?,11?,12?/m1/s1. The molecule has 3 unspecified atom stereocenters. The van der Waals surface area contributed by atoms with Crippen LogP contribution in [0, 0.1) is 0 Å². The summed E-state index contributed by atoms with van der Waals surface area (Å²) >= 11 is 3.64. The second-order valence-corrected chi connectivity index (χ2v) is 8.30. The third-order valence-corrected chi connectivity index (χ3v) is 6.68. The normalized spacial score (nSPS) is 39.9. The monoisotopic (exact) mass is 440 g/mol. The molecule has 2 fully saturated rings. The molecule has 0 aromatic heterocycles. The average molecular weight is 441 g/mol. The summed E-state index contributed by atoms with van der Waals surface area (Å²) < 4.78 is 22.0. The lowest BCUT2D eigenvalue weighted by Gasteiger charge is -2.35. The van der Waals surface area contributed by atoms with Crippen LogP contribution in [0.1, 0.15) is 0 Å². The van der Waals surface area contributed by atoms with Gasteiger partial charge in [0, 0.05) is 14.2 Å². The fourth-order valence-electron chi connectivity index (χ4n) is 3.49. The Labute approximate surface area is 153 Å². The van der Waals surface area contributed by atoms with E-state index in [-0.39, 0.29) is 11.7 Å². The Morgan fingerprint density at radius 1 is 1.48 bits per heavy atom. The summed E-state index contributed by atoms with van der Waals surface area (Å²) in [6.45, 7) is 0.370. The third-order valence-electron chi connectivity index (χ3n) is 4.62. The summed E-state index contributed by atoms with van der Waals surface area (Å²) in [4.78, 5) is 27.5. The third kappa shape index (κ3) is 2.72. The van der Waals surface area contributed by atoms with Crippen molar-refractivity contribution in [3.05, 3.63) is 11.5 Å². The predicted molar refractivity (Wildman–Crippen MR) is 90.6 cm³/mol. The average Bonchev–Trinajstić information content (AvgIpc) is 3.02. The molecule has 2 saturated heterocycles. The highest BCUT2D eigenvalue weighted by Crippen LogP contribution is 2.59. The Morgan fingerprint density at radius 2 is 2.24 bits per heavy atom. The summed E-state index contributed by atoms with van der Waals surface area (Å²) in [6.07, 6.45) is -2.25. The van der Waals surface area contributed by atoms with Gasteiger partial charge < -0.3 is 25.4 Å². The summed E-state index contributed by atoms with van der Waals surface area (Å²) in [6, 6.07) is 0. The molecule has 5 N–H and O–H groups in total. The second kappa shape index (κ2) is 6.17. The maximum Gasteiger partial charge on any atom is 0.570 e. The van der Waals surface area contributed by atoms with Crippen molar-refractivity contribution in [3.63, 3.8) is 0 Å². The van der Waals surface area contributed by atoms with E-state index in [0.717, 1.165) is 11.5 Å². The molecule has 13 heteroatoms.